The molecule has 0 aliphatic rings. The molecule has 0 atom stereocenters. The number of rotatable bonds is 4. The van der Waals surface area contributed by atoms with Crippen LogP contribution in [0.5, 0.6) is 0 Å². The maximum atomic E-state index is 12.5. The van der Waals surface area contributed by atoms with E-state index < -0.39 is 5.97 Å². The van der Waals surface area contributed by atoms with E-state index in [9.17, 15) is 9.59 Å². The zero-order valence-corrected chi connectivity index (χ0v) is 14.7. The van der Waals surface area contributed by atoms with Crippen molar-refractivity contribution in [2.45, 2.75) is 6.92 Å². The number of hydrogen-bond acceptors (Lipinski definition) is 4. The molecule has 0 spiro atoms. The summed E-state index contributed by atoms with van der Waals surface area (Å²) in [6.07, 6.45) is 0. The molecule has 2 aromatic carbocycles. The molecule has 0 fully saturated rings. The minimum atomic E-state index is -0.466. The Morgan fingerprint density at radius 2 is 1.56 bits per heavy atom. The predicted molar refractivity (Wildman–Crippen MR) is 100 cm³/mol. The fourth-order valence-corrected chi connectivity index (χ4v) is 3.71. The summed E-state index contributed by atoms with van der Waals surface area (Å²) >= 11 is 1.37. The first kappa shape index (κ1) is 16.9. The minimum Gasteiger partial charge on any atom is -0.465 e. The second-order valence-corrected chi connectivity index (χ2v) is 6.64. The third-order valence-corrected chi connectivity index (χ3v) is 4.82. The van der Waals surface area contributed by atoms with Gasteiger partial charge in [-0.3, -0.25) is 4.79 Å². The zero-order chi connectivity index (χ0) is 17.8. The first-order valence-electron chi connectivity index (χ1n) is 7.75. The van der Waals surface area contributed by atoms with E-state index in [4.69, 9.17) is 4.74 Å². The molecule has 3 rings (SSSR count). The molecule has 1 amide bonds. The lowest BCUT2D eigenvalue weighted by Gasteiger charge is -2.08. The molecule has 0 saturated carbocycles. The van der Waals surface area contributed by atoms with E-state index in [1.807, 2.05) is 43.3 Å². The highest BCUT2D eigenvalue weighted by molar-refractivity contribution is 7.17. The van der Waals surface area contributed by atoms with Crippen LogP contribution >= 0.6 is 11.3 Å². The van der Waals surface area contributed by atoms with Gasteiger partial charge in [0.2, 0.25) is 0 Å². The topological polar surface area (TPSA) is 55.4 Å². The lowest BCUT2D eigenvalue weighted by molar-refractivity contribution is 0.0603. The number of carbonyl (C=O) groups is 2. The number of nitrogens with one attached hydrogen (secondary N) is 1. The Morgan fingerprint density at radius 3 is 2.16 bits per heavy atom. The van der Waals surface area contributed by atoms with Crippen molar-refractivity contribution in [1.29, 1.82) is 0 Å². The van der Waals surface area contributed by atoms with Crippen LogP contribution in [0.25, 0.3) is 11.1 Å². The van der Waals surface area contributed by atoms with E-state index in [-0.39, 0.29) is 5.91 Å². The van der Waals surface area contributed by atoms with Gasteiger partial charge in [-0.15, -0.1) is 11.3 Å². The highest BCUT2D eigenvalue weighted by Gasteiger charge is 2.25. The van der Waals surface area contributed by atoms with Crippen molar-refractivity contribution in [2.24, 2.45) is 0 Å². The monoisotopic (exact) mass is 351 g/mol. The van der Waals surface area contributed by atoms with Gasteiger partial charge in [0.1, 0.15) is 10.6 Å². The van der Waals surface area contributed by atoms with E-state index in [1.165, 1.54) is 18.4 Å². The van der Waals surface area contributed by atoms with E-state index >= 15 is 0 Å². The third kappa shape index (κ3) is 3.46. The van der Waals surface area contributed by atoms with E-state index in [2.05, 4.69) is 5.32 Å². The molecule has 0 radical (unpaired) electrons. The summed E-state index contributed by atoms with van der Waals surface area (Å²) in [5, 5.41) is 3.35. The van der Waals surface area contributed by atoms with Crippen LogP contribution in [-0.4, -0.2) is 19.0 Å². The smallest absolute Gasteiger partial charge is 0.341 e. The Bertz CT molecular complexity index is 901. The first-order valence-corrected chi connectivity index (χ1v) is 8.57. The number of esters is 1. The van der Waals surface area contributed by atoms with Gasteiger partial charge in [-0.25, -0.2) is 4.79 Å². The van der Waals surface area contributed by atoms with Crippen molar-refractivity contribution in [1.82, 2.24) is 0 Å². The average Bonchev–Trinajstić information content (AvgIpc) is 2.98. The Hall–Kier alpha value is -2.92. The molecule has 0 bridgehead atoms. The number of ether oxygens (including phenoxy) is 1. The van der Waals surface area contributed by atoms with Crippen LogP contribution in [0.1, 0.15) is 25.6 Å². The summed E-state index contributed by atoms with van der Waals surface area (Å²) < 4.78 is 4.96. The van der Waals surface area contributed by atoms with Crippen molar-refractivity contribution in [3.05, 3.63) is 76.7 Å². The lowest BCUT2D eigenvalue weighted by Crippen LogP contribution is -2.14. The SMILES string of the molecule is COC(=O)c1c(NC(=O)c2ccccc2)sc(C)c1-c1ccccc1. The van der Waals surface area contributed by atoms with Crippen LogP contribution < -0.4 is 5.32 Å². The van der Waals surface area contributed by atoms with Crippen LogP contribution in [0.4, 0.5) is 5.00 Å². The van der Waals surface area contributed by atoms with E-state index in [0.717, 1.165) is 16.0 Å². The van der Waals surface area contributed by atoms with Crippen molar-refractivity contribution >= 4 is 28.2 Å². The molecule has 4 nitrogen and oxygen atoms in total. The molecule has 1 N–H and O–H groups in total. The number of methoxy groups -OCH3 is 1. The van der Waals surface area contributed by atoms with Crippen molar-refractivity contribution in [3.63, 3.8) is 0 Å². The van der Waals surface area contributed by atoms with Crippen LogP contribution in [0.15, 0.2) is 60.7 Å². The van der Waals surface area contributed by atoms with Crippen LogP contribution in [-0.2, 0) is 4.74 Å². The maximum Gasteiger partial charge on any atom is 0.341 e. The highest BCUT2D eigenvalue weighted by Crippen LogP contribution is 2.40. The highest BCUT2D eigenvalue weighted by atomic mass is 32.1. The Kier molecular flexibility index (Phi) is 4.95. The molecule has 1 heterocycles. The summed E-state index contributed by atoms with van der Waals surface area (Å²) in [6, 6.07) is 18.5. The molecule has 0 aliphatic heterocycles. The zero-order valence-electron chi connectivity index (χ0n) is 13.9. The standard InChI is InChI=1S/C20H17NO3S/c1-13-16(14-9-5-3-6-10-14)17(20(23)24-2)19(25-13)21-18(22)15-11-7-4-8-12-15/h3-12H,1-2H3,(H,21,22). The molecule has 0 aliphatic carbocycles. The molecule has 5 heteroatoms. The fraction of sp³-hybridized carbons (Fsp3) is 0.100. The maximum absolute atomic E-state index is 12.5. The van der Waals surface area contributed by atoms with Crippen LogP contribution in [0.3, 0.4) is 0 Å². The van der Waals surface area contributed by atoms with Gasteiger partial charge in [-0.05, 0) is 24.6 Å². The first-order chi connectivity index (χ1) is 12.1. The lowest BCUT2D eigenvalue weighted by atomic mass is 10.0. The number of thiophene rings is 1. The van der Waals surface area contributed by atoms with Gasteiger partial charge in [-0.2, -0.15) is 0 Å². The second kappa shape index (κ2) is 7.32. The Balaban J connectivity index is 2.05. The Labute approximate surface area is 150 Å². The third-order valence-electron chi connectivity index (χ3n) is 3.80. The van der Waals surface area contributed by atoms with Gasteiger partial charge >= 0.3 is 5.97 Å². The Morgan fingerprint density at radius 1 is 0.960 bits per heavy atom. The van der Waals surface area contributed by atoms with Crippen molar-refractivity contribution < 1.29 is 14.3 Å². The largest absolute Gasteiger partial charge is 0.465 e. The number of hydrogen-bond donors (Lipinski definition) is 1. The molecule has 0 saturated heterocycles. The van der Waals surface area contributed by atoms with Gasteiger partial charge in [0.15, 0.2) is 0 Å². The average molecular weight is 351 g/mol. The predicted octanol–water partition coefficient (Wildman–Crippen LogP) is 4.76. The van der Waals surface area contributed by atoms with Gasteiger partial charge in [0.05, 0.1) is 7.11 Å². The second-order valence-electron chi connectivity index (χ2n) is 5.42. The summed E-state index contributed by atoms with van der Waals surface area (Å²) in [6.45, 7) is 1.93. The number of amides is 1. The quantitative estimate of drug-likeness (QED) is 0.689. The van der Waals surface area contributed by atoms with Crippen molar-refractivity contribution in [3.8, 4) is 11.1 Å². The van der Waals surface area contributed by atoms with Gasteiger partial charge < -0.3 is 10.1 Å². The summed E-state index contributed by atoms with van der Waals surface area (Å²) in [4.78, 5) is 25.8. The van der Waals surface area contributed by atoms with Gasteiger partial charge in [0.25, 0.3) is 5.91 Å². The number of carbonyl (C=O) groups excluding carboxylic acids is 2. The molecule has 1 aromatic heterocycles. The molecular formula is C20H17NO3S. The molecule has 25 heavy (non-hydrogen) atoms. The van der Waals surface area contributed by atoms with Crippen LogP contribution in [0, 0.1) is 6.92 Å². The summed E-state index contributed by atoms with van der Waals surface area (Å²) in [5.74, 6) is -0.724. The summed E-state index contributed by atoms with van der Waals surface area (Å²) in [5.41, 5.74) is 2.63. The number of aryl methyl sites for hydroxylation is 1. The molecule has 0 unspecified atom stereocenters. The minimum absolute atomic E-state index is 0.258. The van der Waals surface area contributed by atoms with Crippen molar-refractivity contribution in [2.75, 3.05) is 12.4 Å². The van der Waals surface area contributed by atoms with E-state index in [0.29, 0.717) is 16.1 Å². The molecular weight excluding hydrogens is 334 g/mol. The van der Waals surface area contributed by atoms with E-state index in [1.54, 1.807) is 24.3 Å². The normalized spacial score (nSPS) is 10.3. The summed E-state index contributed by atoms with van der Waals surface area (Å²) in [7, 11) is 1.34. The number of anilines is 1. The van der Waals surface area contributed by atoms with Gasteiger partial charge in [0, 0.05) is 16.0 Å². The fourth-order valence-electron chi connectivity index (χ4n) is 2.65. The number of benzene rings is 2. The molecule has 126 valence electrons. The van der Waals surface area contributed by atoms with Gasteiger partial charge in [-0.1, -0.05) is 48.5 Å². The van der Waals surface area contributed by atoms with Crippen LogP contribution in [0.2, 0.25) is 0 Å². The molecule has 3 aromatic rings.